The third-order valence-electron chi connectivity index (χ3n) is 3.31. The first-order chi connectivity index (χ1) is 10.6. The van der Waals surface area contributed by atoms with E-state index in [0.717, 1.165) is 6.42 Å². The van der Waals surface area contributed by atoms with E-state index in [1.807, 2.05) is 6.92 Å². The van der Waals surface area contributed by atoms with E-state index >= 15 is 0 Å². The SMILES string of the molecule is CCCN1C(=O)/C(=C\c2coc3ccccc3c2=O)SC1=S. The number of thiocarbonyl (C=S) groups is 1. The Balaban J connectivity index is 2.03. The second-order valence-corrected chi connectivity index (χ2v) is 6.53. The number of amides is 1. The molecule has 1 amide bonds. The summed E-state index contributed by atoms with van der Waals surface area (Å²) in [6.45, 7) is 2.58. The molecule has 2 heterocycles. The Kier molecular flexibility index (Phi) is 4.13. The summed E-state index contributed by atoms with van der Waals surface area (Å²) < 4.78 is 5.99. The molecular formula is C16H13NO3S2. The zero-order valence-corrected chi connectivity index (χ0v) is 13.5. The van der Waals surface area contributed by atoms with Crippen LogP contribution in [0.25, 0.3) is 17.0 Å². The molecule has 2 aromatic rings. The van der Waals surface area contributed by atoms with Gasteiger partial charge >= 0.3 is 0 Å². The van der Waals surface area contributed by atoms with Crippen LogP contribution in [0.2, 0.25) is 0 Å². The Morgan fingerprint density at radius 1 is 1.32 bits per heavy atom. The summed E-state index contributed by atoms with van der Waals surface area (Å²) in [4.78, 5) is 26.8. The van der Waals surface area contributed by atoms with Gasteiger partial charge in [0.25, 0.3) is 5.91 Å². The van der Waals surface area contributed by atoms with Crippen LogP contribution >= 0.6 is 24.0 Å². The maximum atomic E-state index is 12.4. The van der Waals surface area contributed by atoms with Crippen molar-refractivity contribution in [1.82, 2.24) is 4.90 Å². The molecule has 1 fully saturated rings. The van der Waals surface area contributed by atoms with Crippen molar-refractivity contribution in [3.05, 3.63) is 51.2 Å². The van der Waals surface area contributed by atoms with Crippen LogP contribution in [-0.4, -0.2) is 21.7 Å². The van der Waals surface area contributed by atoms with E-state index in [-0.39, 0.29) is 11.3 Å². The molecule has 0 N–H and O–H groups in total. The third kappa shape index (κ3) is 2.60. The molecule has 1 aliphatic rings. The fraction of sp³-hybridized carbons (Fsp3) is 0.188. The summed E-state index contributed by atoms with van der Waals surface area (Å²) in [5.41, 5.74) is 0.737. The van der Waals surface area contributed by atoms with E-state index in [1.165, 1.54) is 18.0 Å². The molecule has 1 saturated heterocycles. The van der Waals surface area contributed by atoms with Gasteiger partial charge in [-0.05, 0) is 24.6 Å². The lowest BCUT2D eigenvalue weighted by atomic mass is 10.1. The Hall–Kier alpha value is -1.92. The monoisotopic (exact) mass is 331 g/mol. The van der Waals surface area contributed by atoms with Gasteiger partial charge in [0.1, 0.15) is 16.2 Å². The number of carbonyl (C=O) groups excluding carboxylic acids is 1. The van der Waals surface area contributed by atoms with E-state index in [1.54, 1.807) is 35.2 Å². The zero-order valence-electron chi connectivity index (χ0n) is 11.9. The lowest BCUT2D eigenvalue weighted by Crippen LogP contribution is -2.28. The first kappa shape index (κ1) is 15.0. The Morgan fingerprint density at radius 3 is 2.86 bits per heavy atom. The van der Waals surface area contributed by atoms with Gasteiger partial charge in [0.15, 0.2) is 5.43 Å². The molecule has 6 heteroatoms. The highest BCUT2D eigenvalue weighted by Gasteiger charge is 2.31. The minimum absolute atomic E-state index is 0.149. The number of thioether (sulfide) groups is 1. The van der Waals surface area contributed by atoms with Crippen molar-refractivity contribution in [2.24, 2.45) is 0 Å². The quantitative estimate of drug-likeness (QED) is 0.637. The second kappa shape index (κ2) is 6.06. The minimum Gasteiger partial charge on any atom is -0.463 e. The largest absolute Gasteiger partial charge is 0.463 e. The Labute approximate surface area is 136 Å². The van der Waals surface area contributed by atoms with Gasteiger partial charge in [0, 0.05) is 6.54 Å². The van der Waals surface area contributed by atoms with Gasteiger partial charge < -0.3 is 4.42 Å². The molecule has 0 unspecified atom stereocenters. The second-order valence-electron chi connectivity index (χ2n) is 4.85. The number of hydrogen-bond acceptors (Lipinski definition) is 5. The molecule has 3 rings (SSSR count). The van der Waals surface area contributed by atoms with Crippen molar-refractivity contribution in [2.45, 2.75) is 13.3 Å². The molecule has 22 heavy (non-hydrogen) atoms. The fourth-order valence-electron chi connectivity index (χ4n) is 2.25. The van der Waals surface area contributed by atoms with Crippen LogP contribution in [0.1, 0.15) is 18.9 Å². The minimum atomic E-state index is -0.150. The van der Waals surface area contributed by atoms with Crippen LogP contribution in [0, 0.1) is 0 Å². The van der Waals surface area contributed by atoms with Crippen LogP contribution in [0.3, 0.4) is 0 Å². The molecule has 112 valence electrons. The predicted molar refractivity (Wildman–Crippen MR) is 92.7 cm³/mol. The van der Waals surface area contributed by atoms with Gasteiger partial charge in [-0.25, -0.2) is 0 Å². The van der Waals surface area contributed by atoms with Crippen LogP contribution in [0.15, 0.2) is 44.6 Å². The number of rotatable bonds is 3. The summed E-state index contributed by atoms with van der Waals surface area (Å²) in [5.74, 6) is -0.149. The van der Waals surface area contributed by atoms with Gasteiger partial charge in [-0.1, -0.05) is 43.0 Å². The average Bonchev–Trinajstić information content (AvgIpc) is 2.78. The van der Waals surface area contributed by atoms with Crippen molar-refractivity contribution in [2.75, 3.05) is 6.54 Å². The highest BCUT2D eigenvalue weighted by Crippen LogP contribution is 2.32. The van der Waals surface area contributed by atoms with Gasteiger partial charge in [-0.3, -0.25) is 14.5 Å². The summed E-state index contributed by atoms with van der Waals surface area (Å²) in [6, 6.07) is 7.03. The first-order valence-electron chi connectivity index (χ1n) is 6.87. The number of para-hydroxylation sites is 1. The molecule has 1 aromatic heterocycles. The lowest BCUT2D eigenvalue weighted by molar-refractivity contribution is -0.122. The maximum Gasteiger partial charge on any atom is 0.266 e. The number of nitrogens with zero attached hydrogens (tertiary/aromatic N) is 1. The van der Waals surface area contributed by atoms with E-state index in [4.69, 9.17) is 16.6 Å². The molecule has 0 radical (unpaired) electrons. The number of hydrogen-bond donors (Lipinski definition) is 0. The molecule has 0 aliphatic carbocycles. The molecule has 4 nitrogen and oxygen atoms in total. The summed E-state index contributed by atoms with van der Waals surface area (Å²) in [7, 11) is 0. The number of carbonyl (C=O) groups is 1. The first-order valence-corrected chi connectivity index (χ1v) is 8.10. The number of benzene rings is 1. The molecule has 1 aliphatic heterocycles. The van der Waals surface area contributed by atoms with Gasteiger partial charge in [-0.15, -0.1) is 0 Å². The number of fused-ring (bicyclic) bond motifs is 1. The summed E-state index contributed by atoms with van der Waals surface area (Å²) >= 11 is 6.43. The standard InChI is InChI=1S/C16H13NO3S2/c1-2-7-17-15(19)13(22-16(17)21)8-10-9-20-12-6-4-3-5-11(12)14(10)18/h3-6,8-9H,2,7H2,1H3/b13-8+. The van der Waals surface area contributed by atoms with Gasteiger partial charge in [0.05, 0.1) is 15.9 Å². The van der Waals surface area contributed by atoms with Crippen LogP contribution in [-0.2, 0) is 4.79 Å². The van der Waals surface area contributed by atoms with Crippen LogP contribution < -0.4 is 5.43 Å². The summed E-state index contributed by atoms with van der Waals surface area (Å²) in [6.07, 6.45) is 3.78. The molecule has 0 saturated carbocycles. The topological polar surface area (TPSA) is 50.5 Å². The maximum absolute atomic E-state index is 12.4. The fourth-order valence-corrected chi connectivity index (χ4v) is 3.55. The zero-order chi connectivity index (χ0) is 15.7. The molecule has 1 aromatic carbocycles. The Bertz CT molecular complexity index is 854. The predicted octanol–water partition coefficient (Wildman–Crippen LogP) is 3.40. The van der Waals surface area contributed by atoms with Gasteiger partial charge in [-0.2, -0.15) is 0 Å². The van der Waals surface area contributed by atoms with Crippen molar-refractivity contribution in [3.8, 4) is 0 Å². The summed E-state index contributed by atoms with van der Waals surface area (Å²) in [5, 5.41) is 0.500. The van der Waals surface area contributed by atoms with Crippen molar-refractivity contribution in [3.63, 3.8) is 0 Å². The van der Waals surface area contributed by atoms with E-state index in [0.29, 0.717) is 32.3 Å². The Morgan fingerprint density at radius 2 is 2.09 bits per heavy atom. The van der Waals surface area contributed by atoms with E-state index < -0.39 is 0 Å². The van der Waals surface area contributed by atoms with Crippen molar-refractivity contribution >= 4 is 51.3 Å². The average molecular weight is 331 g/mol. The highest BCUT2D eigenvalue weighted by molar-refractivity contribution is 8.26. The third-order valence-corrected chi connectivity index (χ3v) is 4.69. The van der Waals surface area contributed by atoms with Crippen LogP contribution in [0.5, 0.6) is 0 Å². The van der Waals surface area contributed by atoms with Gasteiger partial charge in [0.2, 0.25) is 0 Å². The molecule has 0 spiro atoms. The highest BCUT2D eigenvalue weighted by atomic mass is 32.2. The van der Waals surface area contributed by atoms with Crippen molar-refractivity contribution < 1.29 is 9.21 Å². The lowest BCUT2D eigenvalue weighted by Gasteiger charge is -2.11. The van der Waals surface area contributed by atoms with Crippen molar-refractivity contribution in [1.29, 1.82) is 0 Å². The molecule has 0 atom stereocenters. The van der Waals surface area contributed by atoms with Crippen LogP contribution in [0.4, 0.5) is 0 Å². The normalized spacial score (nSPS) is 17.0. The smallest absolute Gasteiger partial charge is 0.266 e. The molecular weight excluding hydrogens is 318 g/mol. The molecule has 0 bridgehead atoms. The van der Waals surface area contributed by atoms with E-state index in [9.17, 15) is 9.59 Å². The van der Waals surface area contributed by atoms with E-state index in [2.05, 4.69) is 0 Å².